The molecule has 6 nitrogen and oxygen atoms in total. The maximum atomic E-state index is 12.2. The van der Waals surface area contributed by atoms with Crippen LogP contribution in [0.1, 0.15) is 17.3 Å². The van der Waals surface area contributed by atoms with Gasteiger partial charge in [0, 0.05) is 16.9 Å². The van der Waals surface area contributed by atoms with Gasteiger partial charge in [0.05, 0.1) is 22.9 Å². The Balaban J connectivity index is 2.07. The van der Waals surface area contributed by atoms with E-state index in [4.69, 9.17) is 27.9 Å². The first-order valence-corrected chi connectivity index (χ1v) is 8.60. The van der Waals surface area contributed by atoms with Gasteiger partial charge in [-0.05, 0) is 49.4 Å². The van der Waals surface area contributed by atoms with E-state index >= 15 is 0 Å². The highest BCUT2D eigenvalue weighted by Crippen LogP contribution is 2.25. The second-order valence-corrected chi connectivity index (χ2v) is 6.03. The summed E-state index contributed by atoms with van der Waals surface area (Å²) in [6.07, 6.45) is 1.24. The summed E-state index contributed by atoms with van der Waals surface area (Å²) >= 11 is 11.9. The van der Waals surface area contributed by atoms with Crippen molar-refractivity contribution in [2.24, 2.45) is 0 Å². The third kappa shape index (κ3) is 5.74. The number of hydrogen-bond donors (Lipinski definition) is 2. The van der Waals surface area contributed by atoms with E-state index in [2.05, 4.69) is 10.6 Å². The number of hydrogen-bond acceptors (Lipinski definition) is 5. The Bertz CT molecular complexity index is 919. The lowest BCUT2D eigenvalue weighted by Gasteiger charge is -2.07. The van der Waals surface area contributed by atoms with Crippen LogP contribution in [0.15, 0.2) is 54.2 Å². The van der Waals surface area contributed by atoms with Crippen LogP contribution in [0.4, 0.5) is 11.4 Å². The van der Waals surface area contributed by atoms with Crippen LogP contribution in [0, 0.1) is 11.3 Å². The third-order valence-corrected chi connectivity index (χ3v) is 3.88. The molecule has 0 saturated carbocycles. The highest BCUT2D eigenvalue weighted by Gasteiger charge is 2.11. The molecule has 0 aromatic heterocycles. The first-order chi connectivity index (χ1) is 12.9. The van der Waals surface area contributed by atoms with E-state index in [1.54, 1.807) is 37.3 Å². The molecule has 0 saturated heterocycles. The fourth-order valence-corrected chi connectivity index (χ4v) is 2.35. The van der Waals surface area contributed by atoms with Gasteiger partial charge in [0.1, 0.15) is 11.6 Å². The number of carbonyl (C=O) groups excluding carboxylic acids is 2. The normalized spacial score (nSPS) is 10.7. The number of benzene rings is 2. The number of carbonyl (C=O) groups is 2. The van der Waals surface area contributed by atoms with Crippen LogP contribution >= 0.6 is 23.2 Å². The Kier molecular flexibility index (Phi) is 7.24. The summed E-state index contributed by atoms with van der Waals surface area (Å²) in [5, 5.41) is 15.4. The summed E-state index contributed by atoms with van der Waals surface area (Å²) in [6.45, 7) is 1.99. The van der Waals surface area contributed by atoms with E-state index in [1.807, 2.05) is 6.07 Å². The fourth-order valence-electron chi connectivity index (χ4n) is 2.01. The molecule has 0 atom stereocenters. The van der Waals surface area contributed by atoms with Crippen molar-refractivity contribution in [1.82, 2.24) is 0 Å². The van der Waals surface area contributed by atoms with Crippen molar-refractivity contribution < 1.29 is 14.3 Å². The first kappa shape index (κ1) is 20.3. The van der Waals surface area contributed by atoms with E-state index in [-0.39, 0.29) is 12.2 Å². The molecule has 0 spiro atoms. The topological polar surface area (TPSA) is 91.2 Å². The van der Waals surface area contributed by atoms with Crippen molar-refractivity contribution in [3.8, 4) is 6.07 Å². The largest absolute Gasteiger partial charge is 0.462 e. The summed E-state index contributed by atoms with van der Waals surface area (Å²) in [5.74, 6) is -1.07. The highest BCUT2D eigenvalue weighted by atomic mass is 35.5. The number of halogens is 2. The van der Waals surface area contributed by atoms with E-state index in [0.29, 0.717) is 27.0 Å². The second kappa shape index (κ2) is 9.62. The number of ether oxygens (including phenoxy) is 1. The lowest BCUT2D eigenvalue weighted by molar-refractivity contribution is -0.112. The number of nitriles is 1. The maximum Gasteiger partial charge on any atom is 0.338 e. The molecule has 1 amide bonds. The van der Waals surface area contributed by atoms with Crippen molar-refractivity contribution in [3.63, 3.8) is 0 Å². The summed E-state index contributed by atoms with van der Waals surface area (Å²) in [5.41, 5.74) is 1.09. The second-order valence-electron chi connectivity index (χ2n) is 5.19. The summed E-state index contributed by atoms with van der Waals surface area (Å²) < 4.78 is 4.89. The van der Waals surface area contributed by atoms with Crippen molar-refractivity contribution >= 4 is 46.5 Å². The van der Waals surface area contributed by atoms with Crippen molar-refractivity contribution in [3.05, 3.63) is 69.8 Å². The summed E-state index contributed by atoms with van der Waals surface area (Å²) in [6, 6.07) is 12.7. The fraction of sp³-hybridized carbons (Fsp3) is 0.105. The van der Waals surface area contributed by atoms with E-state index in [1.165, 1.54) is 18.3 Å². The molecule has 0 bridgehead atoms. The van der Waals surface area contributed by atoms with Crippen LogP contribution in [-0.4, -0.2) is 18.5 Å². The van der Waals surface area contributed by atoms with Crippen LogP contribution in [0.5, 0.6) is 0 Å². The van der Waals surface area contributed by atoms with E-state index in [9.17, 15) is 14.9 Å². The maximum absolute atomic E-state index is 12.2. The van der Waals surface area contributed by atoms with Gasteiger partial charge in [-0.25, -0.2) is 4.79 Å². The molecule has 0 fully saturated rings. The van der Waals surface area contributed by atoms with Crippen LogP contribution in [0.2, 0.25) is 10.0 Å². The minimum absolute atomic E-state index is 0.166. The Morgan fingerprint density at radius 1 is 1.19 bits per heavy atom. The van der Waals surface area contributed by atoms with Crippen LogP contribution in [0.25, 0.3) is 0 Å². The zero-order valence-corrected chi connectivity index (χ0v) is 15.8. The van der Waals surface area contributed by atoms with Crippen molar-refractivity contribution in [1.29, 1.82) is 5.26 Å². The SMILES string of the molecule is CCOC(=O)c1ccc(NC(=O)/C(C#N)=C\Nc2cc(Cl)ccc2Cl)cc1. The molecule has 2 aromatic carbocycles. The lowest BCUT2D eigenvalue weighted by Crippen LogP contribution is -2.14. The average Bonchev–Trinajstić information content (AvgIpc) is 2.65. The number of nitrogens with one attached hydrogen (secondary N) is 2. The predicted molar refractivity (Wildman–Crippen MR) is 105 cm³/mol. The molecule has 27 heavy (non-hydrogen) atoms. The number of anilines is 2. The zero-order valence-electron chi connectivity index (χ0n) is 14.3. The molecule has 0 heterocycles. The van der Waals surface area contributed by atoms with Gasteiger partial charge in [-0.3, -0.25) is 4.79 Å². The predicted octanol–water partition coefficient (Wildman–Crippen LogP) is 4.63. The van der Waals surface area contributed by atoms with Crippen LogP contribution < -0.4 is 10.6 Å². The highest BCUT2D eigenvalue weighted by molar-refractivity contribution is 6.35. The Hall–Kier alpha value is -3.01. The quantitative estimate of drug-likeness (QED) is 0.416. The monoisotopic (exact) mass is 403 g/mol. The van der Waals surface area contributed by atoms with Crippen molar-refractivity contribution in [2.75, 3.05) is 17.2 Å². The van der Waals surface area contributed by atoms with Gasteiger partial charge in [-0.15, -0.1) is 0 Å². The minimum atomic E-state index is -0.618. The van der Waals surface area contributed by atoms with Crippen LogP contribution in [-0.2, 0) is 9.53 Å². The summed E-state index contributed by atoms with van der Waals surface area (Å²) in [4.78, 5) is 23.9. The number of nitrogens with zero attached hydrogens (tertiary/aromatic N) is 1. The third-order valence-electron chi connectivity index (χ3n) is 3.32. The molecule has 2 aromatic rings. The van der Waals surface area contributed by atoms with Gasteiger partial charge in [-0.1, -0.05) is 23.2 Å². The lowest BCUT2D eigenvalue weighted by atomic mass is 10.2. The van der Waals surface area contributed by atoms with Gasteiger partial charge in [0.25, 0.3) is 5.91 Å². The van der Waals surface area contributed by atoms with Crippen molar-refractivity contribution in [2.45, 2.75) is 6.92 Å². The zero-order chi connectivity index (χ0) is 19.8. The van der Waals surface area contributed by atoms with E-state index in [0.717, 1.165) is 0 Å². The van der Waals surface area contributed by atoms with Crippen LogP contribution in [0.3, 0.4) is 0 Å². The number of rotatable bonds is 6. The smallest absolute Gasteiger partial charge is 0.338 e. The Morgan fingerprint density at radius 2 is 1.89 bits per heavy atom. The molecule has 0 aliphatic heterocycles. The molecular weight excluding hydrogens is 389 g/mol. The average molecular weight is 404 g/mol. The molecule has 2 N–H and O–H groups in total. The standard InChI is InChI=1S/C19H15Cl2N3O3/c1-2-27-19(26)12-3-6-15(7-4-12)24-18(25)13(10-22)11-23-17-9-14(20)5-8-16(17)21/h3-9,11,23H,2H2,1H3,(H,24,25)/b13-11-. The molecule has 0 aliphatic carbocycles. The Labute approximate surface area is 166 Å². The summed E-state index contributed by atoms with van der Waals surface area (Å²) in [7, 11) is 0. The van der Waals surface area contributed by atoms with Gasteiger partial charge < -0.3 is 15.4 Å². The van der Waals surface area contributed by atoms with Gasteiger partial charge in [0.15, 0.2) is 0 Å². The molecule has 8 heteroatoms. The minimum Gasteiger partial charge on any atom is -0.462 e. The molecule has 138 valence electrons. The molecule has 0 aliphatic rings. The number of amides is 1. The van der Waals surface area contributed by atoms with E-state index < -0.39 is 11.9 Å². The van der Waals surface area contributed by atoms with Gasteiger partial charge in [-0.2, -0.15) is 5.26 Å². The molecule has 0 radical (unpaired) electrons. The molecule has 2 rings (SSSR count). The van der Waals surface area contributed by atoms with Gasteiger partial charge >= 0.3 is 5.97 Å². The first-order valence-electron chi connectivity index (χ1n) is 7.85. The molecule has 0 unspecified atom stereocenters. The van der Waals surface area contributed by atoms with Gasteiger partial charge in [0.2, 0.25) is 0 Å². The number of esters is 1. The Morgan fingerprint density at radius 3 is 2.52 bits per heavy atom. The molecular formula is C19H15Cl2N3O3.